The van der Waals surface area contributed by atoms with Crippen molar-refractivity contribution in [2.24, 2.45) is 0 Å². The summed E-state index contributed by atoms with van der Waals surface area (Å²) in [6, 6.07) is 7.42. The largest absolute Gasteiger partial charge is 0.507 e. The number of pyridine rings is 1. The molecule has 0 aliphatic rings. The van der Waals surface area contributed by atoms with Crippen molar-refractivity contribution in [2.45, 2.75) is 0 Å². The number of aromatic hydroxyl groups is 1. The van der Waals surface area contributed by atoms with Crippen LogP contribution < -0.4 is 5.32 Å². The summed E-state index contributed by atoms with van der Waals surface area (Å²) in [5.74, 6) is -0.313. The van der Waals surface area contributed by atoms with Crippen molar-refractivity contribution in [3.63, 3.8) is 0 Å². The predicted octanol–water partition coefficient (Wildman–Crippen LogP) is 3.35. The van der Waals surface area contributed by atoms with Crippen molar-refractivity contribution in [1.29, 1.82) is 0 Å². The van der Waals surface area contributed by atoms with Gasteiger partial charge in [0.05, 0.1) is 10.6 Å². The standard InChI is InChI=1S/C12H8Cl2N2O2/c13-7-1-3-9(10(17)5-7)12(18)16-11-4-2-8(14)6-15-11/h1-6,17H,(H,15,16,18). The third-order valence-electron chi connectivity index (χ3n) is 2.17. The summed E-state index contributed by atoms with van der Waals surface area (Å²) in [4.78, 5) is 15.8. The number of halogens is 2. The van der Waals surface area contributed by atoms with Crippen LogP contribution in [0.25, 0.3) is 0 Å². The van der Waals surface area contributed by atoms with Gasteiger partial charge in [-0.2, -0.15) is 0 Å². The Bertz CT molecular complexity index is 585. The van der Waals surface area contributed by atoms with Gasteiger partial charge in [-0.3, -0.25) is 4.79 Å². The molecule has 2 rings (SSSR count). The van der Waals surface area contributed by atoms with Gasteiger partial charge >= 0.3 is 0 Å². The second kappa shape index (κ2) is 5.25. The molecule has 0 aliphatic heterocycles. The number of amides is 1. The van der Waals surface area contributed by atoms with Crippen molar-refractivity contribution in [2.75, 3.05) is 5.32 Å². The Morgan fingerprint density at radius 2 is 1.89 bits per heavy atom. The van der Waals surface area contributed by atoms with Crippen LogP contribution in [0.4, 0.5) is 5.82 Å². The van der Waals surface area contributed by atoms with Crippen molar-refractivity contribution in [1.82, 2.24) is 4.98 Å². The minimum atomic E-state index is -0.473. The van der Waals surface area contributed by atoms with Gasteiger partial charge in [0.1, 0.15) is 11.6 Å². The first-order chi connectivity index (χ1) is 8.56. The summed E-state index contributed by atoms with van der Waals surface area (Å²) < 4.78 is 0. The Morgan fingerprint density at radius 1 is 1.17 bits per heavy atom. The van der Waals surface area contributed by atoms with Crippen LogP contribution in [0.15, 0.2) is 36.5 Å². The van der Waals surface area contributed by atoms with Gasteiger partial charge in [0.15, 0.2) is 0 Å². The number of phenolic OH excluding ortho intramolecular Hbond substituents is 1. The van der Waals surface area contributed by atoms with E-state index in [0.717, 1.165) is 0 Å². The van der Waals surface area contributed by atoms with Crippen molar-refractivity contribution in [3.8, 4) is 5.75 Å². The first-order valence-corrected chi connectivity index (χ1v) is 5.73. The Labute approximate surface area is 113 Å². The average Bonchev–Trinajstić information content (AvgIpc) is 2.32. The van der Waals surface area contributed by atoms with E-state index in [0.29, 0.717) is 15.9 Å². The van der Waals surface area contributed by atoms with Crippen LogP contribution in [0.1, 0.15) is 10.4 Å². The molecule has 0 atom stereocenters. The number of benzene rings is 1. The lowest BCUT2D eigenvalue weighted by atomic mass is 10.2. The zero-order valence-electron chi connectivity index (χ0n) is 9.02. The number of phenols is 1. The van der Waals surface area contributed by atoms with E-state index in [9.17, 15) is 9.90 Å². The minimum Gasteiger partial charge on any atom is -0.507 e. The molecule has 1 heterocycles. The number of anilines is 1. The molecule has 1 aromatic heterocycles. The van der Waals surface area contributed by atoms with Crippen LogP contribution in [-0.2, 0) is 0 Å². The van der Waals surface area contributed by atoms with Crippen molar-refractivity contribution in [3.05, 3.63) is 52.1 Å². The van der Waals surface area contributed by atoms with E-state index in [-0.39, 0.29) is 11.3 Å². The summed E-state index contributed by atoms with van der Waals surface area (Å²) in [6.07, 6.45) is 1.42. The Hall–Kier alpha value is -1.78. The molecular formula is C12H8Cl2N2O2. The third-order valence-corrected chi connectivity index (χ3v) is 2.63. The van der Waals surface area contributed by atoms with E-state index in [1.54, 1.807) is 12.1 Å². The summed E-state index contributed by atoms with van der Waals surface area (Å²) in [5, 5.41) is 13.0. The predicted molar refractivity (Wildman–Crippen MR) is 70.3 cm³/mol. The molecule has 2 N–H and O–H groups in total. The van der Waals surface area contributed by atoms with Gasteiger partial charge in [-0.25, -0.2) is 4.98 Å². The highest BCUT2D eigenvalue weighted by Crippen LogP contribution is 2.22. The third kappa shape index (κ3) is 2.91. The SMILES string of the molecule is O=C(Nc1ccc(Cl)cn1)c1ccc(Cl)cc1O. The second-order valence-electron chi connectivity index (χ2n) is 3.48. The fraction of sp³-hybridized carbons (Fsp3) is 0. The number of hydrogen-bond acceptors (Lipinski definition) is 3. The zero-order chi connectivity index (χ0) is 13.1. The maximum absolute atomic E-state index is 11.8. The molecule has 0 saturated heterocycles. The highest BCUT2D eigenvalue weighted by molar-refractivity contribution is 6.31. The molecule has 92 valence electrons. The van der Waals surface area contributed by atoms with Gasteiger partial charge < -0.3 is 10.4 Å². The molecule has 0 fully saturated rings. The molecule has 4 nitrogen and oxygen atoms in total. The average molecular weight is 283 g/mol. The van der Waals surface area contributed by atoms with Crippen molar-refractivity contribution >= 4 is 34.9 Å². The van der Waals surface area contributed by atoms with Crippen LogP contribution in [0.5, 0.6) is 5.75 Å². The summed E-state index contributed by atoms with van der Waals surface area (Å²) in [5.41, 5.74) is 0.121. The molecular weight excluding hydrogens is 275 g/mol. The van der Waals surface area contributed by atoms with Crippen LogP contribution in [0.2, 0.25) is 10.0 Å². The molecule has 1 aromatic carbocycles. The zero-order valence-corrected chi connectivity index (χ0v) is 10.5. The molecule has 0 saturated carbocycles. The second-order valence-corrected chi connectivity index (χ2v) is 4.35. The highest BCUT2D eigenvalue weighted by Gasteiger charge is 2.11. The molecule has 0 aliphatic carbocycles. The number of nitrogens with zero attached hydrogens (tertiary/aromatic N) is 1. The highest BCUT2D eigenvalue weighted by atomic mass is 35.5. The lowest BCUT2D eigenvalue weighted by molar-refractivity contribution is 0.102. The number of hydrogen-bond donors (Lipinski definition) is 2. The molecule has 2 aromatic rings. The number of carbonyl (C=O) groups excluding carboxylic acids is 1. The van der Waals surface area contributed by atoms with Crippen LogP contribution >= 0.6 is 23.2 Å². The van der Waals surface area contributed by atoms with E-state index in [1.165, 1.54) is 24.4 Å². The number of carbonyl (C=O) groups is 1. The Morgan fingerprint density at radius 3 is 2.50 bits per heavy atom. The topological polar surface area (TPSA) is 62.2 Å². The molecule has 18 heavy (non-hydrogen) atoms. The minimum absolute atomic E-state index is 0.121. The Balaban J connectivity index is 2.19. The lowest BCUT2D eigenvalue weighted by Crippen LogP contribution is -2.12. The summed E-state index contributed by atoms with van der Waals surface area (Å²) in [6.45, 7) is 0. The maximum atomic E-state index is 11.8. The number of aromatic nitrogens is 1. The van der Waals surface area contributed by atoms with E-state index < -0.39 is 5.91 Å². The quantitative estimate of drug-likeness (QED) is 0.888. The maximum Gasteiger partial charge on any atom is 0.260 e. The van der Waals surface area contributed by atoms with E-state index >= 15 is 0 Å². The smallest absolute Gasteiger partial charge is 0.260 e. The molecule has 0 radical (unpaired) electrons. The fourth-order valence-electron chi connectivity index (χ4n) is 1.33. The first-order valence-electron chi connectivity index (χ1n) is 4.97. The van der Waals surface area contributed by atoms with Gasteiger partial charge in [0.25, 0.3) is 5.91 Å². The Kier molecular flexibility index (Phi) is 3.69. The van der Waals surface area contributed by atoms with E-state index in [1.807, 2.05) is 0 Å². The van der Waals surface area contributed by atoms with E-state index in [2.05, 4.69) is 10.3 Å². The van der Waals surface area contributed by atoms with Gasteiger partial charge in [-0.05, 0) is 30.3 Å². The van der Waals surface area contributed by atoms with Crippen LogP contribution in [0.3, 0.4) is 0 Å². The molecule has 0 spiro atoms. The lowest BCUT2D eigenvalue weighted by Gasteiger charge is -2.06. The number of nitrogens with one attached hydrogen (secondary N) is 1. The summed E-state index contributed by atoms with van der Waals surface area (Å²) >= 11 is 11.4. The van der Waals surface area contributed by atoms with Gasteiger partial charge in [-0.15, -0.1) is 0 Å². The fourth-order valence-corrected chi connectivity index (χ4v) is 1.61. The molecule has 6 heteroatoms. The van der Waals surface area contributed by atoms with Crippen molar-refractivity contribution < 1.29 is 9.90 Å². The molecule has 0 bridgehead atoms. The number of rotatable bonds is 2. The summed E-state index contributed by atoms with van der Waals surface area (Å²) in [7, 11) is 0. The van der Waals surface area contributed by atoms with Crippen LogP contribution in [-0.4, -0.2) is 16.0 Å². The van der Waals surface area contributed by atoms with Crippen LogP contribution in [0, 0.1) is 0 Å². The monoisotopic (exact) mass is 282 g/mol. The first kappa shape index (κ1) is 12.7. The normalized spacial score (nSPS) is 10.1. The molecule has 0 unspecified atom stereocenters. The van der Waals surface area contributed by atoms with E-state index in [4.69, 9.17) is 23.2 Å². The van der Waals surface area contributed by atoms with Gasteiger partial charge in [-0.1, -0.05) is 23.2 Å². The van der Waals surface area contributed by atoms with Gasteiger partial charge in [0, 0.05) is 11.2 Å². The molecule has 1 amide bonds. The van der Waals surface area contributed by atoms with Gasteiger partial charge in [0.2, 0.25) is 0 Å².